The first-order chi connectivity index (χ1) is 23.0. The SMILES string of the molecule is CC(=O)SC[C@]1(O)[C@@H](OS(C)(=O)=O)CC[C@@]2(C)[C@H]3O[C@@H](c4ccccc4)O[C@@H]3C3=C(C)C(=O)C[C@]4(O[C@@H](c5ccccc5)O[C@H]4[C@@H]21)C3(C)C. The van der Waals surface area contributed by atoms with Gasteiger partial charge in [-0.3, -0.25) is 13.8 Å². The van der Waals surface area contributed by atoms with Gasteiger partial charge in [-0.2, -0.15) is 8.42 Å². The normalized spacial score (nSPS) is 39.8. The number of Topliss-reactive ketones (excluding diaryl/α,β-unsaturated/α-hetero) is 1. The maximum Gasteiger partial charge on any atom is 0.264 e. The molecule has 2 aliphatic heterocycles. The van der Waals surface area contributed by atoms with Gasteiger partial charge >= 0.3 is 0 Å². The number of hydrogen-bond donors (Lipinski definition) is 1. The molecule has 4 fully saturated rings. The summed E-state index contributed by atoms with van der Waals surface area (Å²) in [7, 11) is -4.05. The fourth-order valence-electron chi connectivity index (χ4n) is 9.50. The lowest BCUT2D eigenvalue weighted by atomic mass is 9.46. The van der Waals surface area contributed by atoms with Crippen LogP contribution in [0.2, 0.25) is 0 Å². The molecule has 10 nitrogen and oxygen atoms in total. The van der Waals surface area contributed by atoms with Gasteiger partial charge in [-0.15, -0.1) is 0 Å². The quantitative estimate of drug-likeness (QED) is 0.385. The molecule has 0 unspecified atom stereocenters. The number of ketones is 1. The van der Waals surface area contributed by atoms with Crippen LogP contribution in [0.5, 0.6) is 0 Å². The smallest absolute Gasteiger partial charge is 0.264 e. The first-order valence-electron chi connectivity index (χ1n) is 16.7. The number of hydrogen-bond acceptors (Lipinski definition) is 11. The van der Waals surface area contributed by atoms with Crippen LogP contribution in [0.3, 0.4) is 0 Å². The second kappa shape index (κ2) is 12.1. The Morgan fingerprint density at radius 1 is 0.959 bits per heavy atom. The van der Waals surface area contributed by atoms with Gasteiger partial charge in [0.2, 0.25) is 0 Å². The molecule has 10 atom stereocenters. The fraction of sp³-hybridized carbons (Fsp3) is 0.568. The van der Waals surface area contributed by atoms with Gasteiger partial charge in [0, 0.05) is 47.0 Å². The van der Waals surface area contributed by atoms with Crippen LogP contribution < -0.4 is 0 Å². The van der Waals surface area contributed by atoms with Crippen LogP contribution in [-0.2, 0) is 42.8 Å². The van der Waals surface area contributed by atoms with Gasteiger partial charge in [0.15, 0.2) is 23.5 Å². The molecule has 1 spiro atoms. The number of fused-ring (bicyclic) bond motifs is 6. The van der Waals surface area contributed by atoms with Crippen LogP contribution in [0.15, 0.2) is 71.8 Å². The molecule has 0 aromatic heterocycles. The molecule has 2 heterocycles. The summed E-state index contributed by atoms with van der Waals surface area (Å²) >= 11 is 0.900. The Balaban J connectivity index is 1.50. The summed E-state index contributed by atoms with van der Waals surface area (Å²) in [6.45, 7) is 9.31. The molecule has 3 aliphatic carbocycles. The van der Waals surface area contributed by atoms with E-state index in [1.54, 1.807) is 0 Å². The Hall–Kier alpha value is -2.42. The van der Waals surface area contributed by atoms with Crippen molar-refractivity contribution in [2.45, 2.75) is 102 Å². The zero-order valence-corrected chi connectivity index (χ0v) is 30.2. The lowest BCUT2D eigenvalue weighted by molar-refractivity contribution is -0.240. The Labute approximate surface area is 292 Å². The van der Waals surface area contributed by atoms with Crippen molar-refractivity contribution in [2.24, 2.45) is 16.7 Å². The van der Waals surface area contributed by atoms with Crippen molar-refractivity contribution in [1.29, 1.82) is 0 Å². The van der Waals surface area contributed by atoms with Gasteiger partial charge in [0.25, 0.3) is 10.1 Å². The Kier molecular flexibility index (Phi) is 8.63. The number of rotatable bonds is 6. The largest absolute Gasteiger partial charge is 0.386 e. The highest BCUT2D eigenvalue weighted by atomic mass is 32.2. The van der Waals surface area contributed by atoms with E-state index in [0.29, 0.717) is 12.0 Å². The van der Waals surface area contributed by atoms with Crippen LogP contribution in [-0.4, -0.2) is 72.0 Å². The molecule has 0 radical (unpaired) electrons. The second-order valence-electron chi connectivity index (χ2n) is 15.0. The van der Waals surface area contributed by atoms with E-state index < -0.39 is 75.1 Å². The molecule has 2 aromatic carbocycles. The predicted octanol–water partition coefficient (Wildman–Crippen LogP) is 5.42. The molecule has 2 bridgehead atoms. The van der Waals surface area contributed by atoms with E-state index in [0.717, 1.165) is 34.7 Å². The van der Waals surface area contributed by atoms with Crippen molar-refractivity contribution in [3.05, 3.63) is 82.9 Å². The first kappa shape index (κ1) is 35.0. The van der Waals surface area contributed by atoms with Crippen molar-refractivity contribution in [2.75, 3.05) is 12.0 Å². The van der Waals surface area contributed by atoms with Crippen molar-refractivity contribution >= 4 is 32.8 Å². The summed E-state index contributed by atoms with van der Waals surface area (Å²) in [5.41, 5.74) is -2.24. The van der Waals surface area contributed by atoms with E-state index in [-0.39, 0.29) is 29.5 Å². The lowest BCUT2D eigenvalue weighted by Crippen LogP contribution is -2.74. The van der Waals surface area contributed by atoms with Gasteiger partial charge in [0.1, 0.15) is 23.4 Å². The highest BCUT2D eigenvalue weighted by Gasteiger charge is 2.76. The third-order valence-corrected chi connectivity index (χ3v) is 13.4. The number of thioether (sulfide) groups is 1. The molecule has 5 aliphatic rings. The Morgan fingerprint density at radius 3 is 2.14 bits per heavy atom. The standard InChI is InChI=1S/C37H44O10S2/c1-21-25(39)19-37-31(45-33(46-37)24-15-11-8-12-16-24)29-35(5,18-17-26(47-49(6,41)42)36(29,40)20-48-22(2)38)30-28(27(21)34(37,3)4)43-32(44-30)23-13-9-7-10-14-23/h7-16,26,28-33,40H,17-20H2,1-6H3/t26-,28+,29-,30-,31-,32-,33-,35+,36-,37+/m0/s1. The number of ether oxygens (including phenoxy) is 4. The van der Waals surface area contributed by atoms with Gasteiger partial charge in [-0.25, -0.2) is 0 Å². The zero-order chi connectivity index (χ0) is 35.1. The van der Waals surface area contributed by atoms with Crippen molar-refractivity contribution in [1.82, 2.24) is 0 Å². The average molecular weight is 713 g/mol. The predicted molar refractivity (Wildman–Crippen MR) is 182 cm³/mol. The zero-order valence-electron chi connectivity index (χ0n) is 28.6. The molecule has 264 valence electrons. The van der Waals surface area contributed by atoms with Gasteiger partial charge in [-0.1, -0.05) is 93.2 Å². The Bertz CT molecular complexity index is 1780. The number of aliphatic hydroxyl groups is 1. The van der Waals surface area contributed by atoms with Gasteiger partial charge < -0.3 is 24.1 Å². The maximum absolute atomic E-state index is 14.2. The van der Waals surface area contributed by atoms with Crippen LogP contribution in [0.25, 0.3) is 0 Å². The minimum Gasteiger partial charge on any atom is -0.386 e. The molecule has 2 saturated carbocycles. The summed E-state index contributed by atoms with van der Waals surface area (Å²) in [5, 5.41) is 13.0. The third-order valence-electron chi connectivity index (χ3n) is 11.8. The molecule has 49 heavy (non-hydrogen) atoms. The van der Waals surface area contributed by atoms with Gasteiger partial charge in [-0.05, 0) is 30.9 Å². The molecule has 2 saturated heterocycles. The summed E-state index contributed by atoms with van der Waals surface area (Å²) in [6.07, 6.45) is -3.85. The van der Waals surface area contributed by atoms with E-state index >= 15 is 0 Å². The molecule has 2 aromatic rings. The van der Waals surface area contributed by atoms with E-state index in [2.05, 4.69) is 0 Å². The summed E-state index contributed by atoms with van der Waals surface area (Å²) in [5.74, 6) is -1.25. The fourth-order valence-corrected chi connectivity index (χ4v) is 11.0. The monoisotopic (exact) mass is 712 g/mol. The summed E-state index contributed by atoms with van der Waals surface area (Å²) in [6, 6.07) is 19.0. The summed E-state index contributed by atoms with van der Waals surface area (Å²) in [4.78, 5) is 26.8. The van der Waals surface area contributed by atoms with Crippen LogP contribution in [0, 0.1) is 16.7 Å². The Morgan fingerprint density at radius 2 is 1.55 bits per heavy atom. The molecule has 1 N–H and O–H groups in total. The highest BCUT2D eigenvalue weighted by Crippen LogP contribution is 2.68. The van der Waals surface area contributed by atoms with E-state index in [4.69, 9.17) is 23.1 Å². The van der Waals surface area contributed by atoms with Crippen molar-refractivity contribution in [3.8, 4) is 0 Å². The lowest BCUT2D eigenvalue weighted by Gasteiger charge is -2.63. The van der Waals surface area contributed by atoms with Crippen molar-refractivity contribution < 1.29 is 46.2 Å². The molecule has 7 rings (SSSR count). The first-order valence-corrected chi connectivity index (χ1v) is 19.5. The summed E-state index contributed by atoms with van der Waals surface area (Å²) < 4.78 is 59.0. The number of carbonyl (C=O) groups excluding carboxylic acids is 2. The number of allylic oxidation sites excluding steroid dienone is 1. The maximum atomic E-state index is 14.2. The average Bonchev–Trinajstić information content (AvgIpc) is 3.65. The van der Waals surface area contributed by atoms with E-state index in [1.807, 2.05) is 88.4 Å². The minimum atomic E-state index is -4.05. The molecule has 12 heteroatoms. The topological polar surface area (TPSA) is 135 Å². The molecule has 0 amide bonds. The van der Waals surface area contributed by atoms with E-state index in [9.17, 15) is 23.1 Å². The number of carbonyl (C=O) groups is 2. The van der Waals surface area contributed by atoms with Gasteiger partial charge in [0.05, 0.1) is 18.5 Å². The van der Waals surface area contributed by atoms with Crippen molar-refractivity contribution in [3.63, 3.8) is 0 Å². The van der Waals surface area contributed by atoms with Crippen LogP contribution >= 0.6 is 11.8 Å². The van der Waals surface area contributed by atoms with E-state index in [1.165, 1.54) is 6.92 Å². The third kappa shape index (κ3) is 5.49. The number of benzene rings is 2. The minimum absolute atomic E-state index is 0.0379. The highest BCUT2D eigenvalue weighted by molar-refractivity contribution is 8.13. The second-order valence-corrected chi connectivity index (χ2v) is 17.8. The molecular formula is C37H44O10S2. The van der Waals surface area contributed by atoms with Crippen LogP contribution in [0.1, 0.15) is 77.6 Å². The van der Waals surface area contributed by atoms with Crippen LogP contribution in [0.4, 0.5) is 0 Å². The molecular weight excluding hydrogens is 669 g/mol.